The zero-order chi connectivity index (χ0) is 14.1. The summed E-state index contributed by atoms with van der Waals surface area (Å²) >= 11 is 0. The van der Waals surface area contributed by atoms with Crippen LogP contribution >= 0.6 is 0 Å². The second-order valence-corrected chi connectivity index (χ2v) is 3.88. The molecule has 7 nitrogen and oxygen atoms in total. The minimum Gasteiger partial charge on any atom is -0.395 e. The highest BCUT2D eigenvalue weighted by Gasteiger charge is 2.46. The second-order valence-electron chi connectivity index (χ2n) is 3.88. The molecular formula is C8H13F3N2O5. The Morgan fingerprint density at radius 1 is 1.17 bits per heavy atom. The average Bonchev–Trinajstić information content (AvgIpc) is 2.28. The number of aliphatic hydroxyl groups excluding tert-OH is 4. The molecule has 5 atom stereocenters. The van der Waals surface area contributed by atoms with Gasteiger partial charge in [-0.05, 0) is 0 Å². The van der Waals surface area contributed by atoms with Crippen LogP contribution in [0.15, 0.2) is 0 Å². The van der Waals surface area contributed by atoms with E-state index < -0.39 is 49.2 Å². The van der Waals surface area contributed by atoms with Crippen molar-refractivity contribution in [3.05, 3.63) is 0 Å². The fourth-order valence-electron chi connectivity index (χ4n) is 1.58. The van der Waals surface area contributed by atoms with E-state index in [4.69, 9.17) is 5.11 Å². The van der Waals surface area contributed by atoms with Crippen LogP contribution < -0.4 is 10.6 Å². The molecule has 106 valence electrons. The van der Waals surface area contributed by atoms with Crippen LogP contribution in [0.1, 0.15) is 0 Å². The van der Waals surface area contributed by atoms with Crippen molar-refractivity contribution in [2.75, 3.05) is 6.61 Å². The van der Waals surface area contributed by atoms with Gasteiger partial charge in [-0.1, -0.05) is 0 Å². The standard InChI is InChI=1S/C8H13F3N2O5/c9-8(10,11)7(18)13-6-5(17)4(16)3(15)2(1-14)12-6/h2-6,12,14-17H,1H2,(H,13,18)/t2-,3-,4+,5-,6+/m1/s1. The second kappa shape index (κ2) is 5.36. The third-order valence-electron chi connectivity index (χ3n) is 2.59. The molecule has 0 unspecified atom stereocenters. The van der Waals surface area contributed by atoms with Crippen LogP contribution in [0.25, 0.3) is 0 Å². The molecule has 0 aromatic carbocycles. The summed E-state index contributed by atoms with van der Waals surface area (Å²) in [5.74, 6) is -2.31. The van der Waals surface area contributed by atoms with Crippen molar-refractivity contribution in [3.63, 3.8) is 0 Å². The van der Waals surface area contributed by atoms with E-state index in [2.05, 4.69) is 5.32 Å². The van der Waals surface area contributed by atoms with Crippen molar-refractivity contribution >= 4 is 5.91 Å². The van der Waals surface area contributed by atoms with Crippen LogP contribution in [0.3, 0.4) is 0 Å². The number of aliphatic hydroxyl groups is 4. The van der Waals surface area contributed by atoms with Gasteiger partial charge in [0.15, 0.2) is 0 Å². The van der Waals surface area contributed by atoms with Gasteiger partial charge in [0.05, 0.1) is 12.6 Å². The van der Waals surface area contributed by atoms with Gasteiger partial charge in [-0.2, -0.15) is 13.2 Å². The minimum atomic E-state index is -5.14. The molecule has 1 aliphatic heterocycles. The first-order valence-corrected chi connectivity index (χ1v) is 4.97. The summed E-state index contributed by atoms with van der Waals surface area (Å²) in [4.78, 5) is 10.7. The summed E-state index contributed by atoms with van der Waals surface area (Å²) in [5, 5.41) is 40.5. The van der Waals surface area contributed by atoms with E-state index >= 15 is 0 Å². The summed E-state index contributed by atoms with van der Waals surface area (Å²) in [7, 11) is 0. The molecule has 1 amide bonds. The highest BCUT2D eigenvalue weighted by Crippen LogP contribution is 2.18. The Kier molecular flexibility index (Phi) is 4.50. The monoisotopic (exact) mass is 274 g/mol. The predicted molar refractivity (Wildman–Crippen MR) is 50.0 cm³/mol. The van der Waals surface area contributed by atoms with E-state index in [1.54, 1.807) is 0 Å². The van der Waals surface area contributed by atoms with Crippen LogP contribution in [0.2, 0.25) is 0 Å². The van der Waals surface area contributed by atoms with Crippen LogP contribution in [0.4, 0.5) is 13.2 Å². The Morgan fingerprint density at radius 2 is 1.72 bits per heavy atom. The van der Waals surface area contributed by atoms with Crippen molar-refractivity contribution in [2.24, 2.45) is 0 Å². The summed E-state index contributed by atoms with van der Waals surface area (Å²) in [6, 6.07) is -1.16. The van der Waals surface area contributed by atoms with Crippen LogP contribution in [0.5, 0.6) is 0 Å². The van der Waals surface area contributed by atoms with Crippen LogP contribution in [0, 0.1) is 0 Å². The zero-order valence-corrected chi connectivity index (χ0v) is 8.92. The van der Waals surface area contributed by atoms with Gasteiger partial charge in [0.2, 0.25) is 0 Å². The molecule has 1 saturated heterocycles. The van der Waals surface area contributed by atoms with Crippen molar-refractivity contribution in [3.8, 4) is 0 Å². The number of amides is 1. The highest BCUT2D eigenvalue weighted by molar-refractivity contribution is 5.82. The maximum absolute atomic E-state index is 12.0. The maximum Gasteiger partial charge on any atom is 0.471 e. The normalized spacial score (nSPS) is 37.4. The van der Waals surface area contributed by atoms with E-state index in [9.17, 15) is 33.3 Å². The third-order valence-corrected chi connectivity index (χ3v) is 2.59. The molecule has 0 aromatic heterocycles. The Bertz CT molecular complexity index is 312. The van der Waals surface area contributed by atoms with E-state index in [-0.39, 0.29) is 0 Å². The first kappa shape index (κ1) is 15.1. The van der Waals surface area contributed by atoms with Gasteiger partial charge in [0.25, 0.3) is 0 Å². The van der Waals surface area contributed by atoms with Gasteiger partial charge >= 0.3 is 12.1 Å². The smallest absolute Gasteiger partial charge is 0.395 e. The number of rotatable bonds is 2. The number of nitrogens with one attached hydrogen (secondary N) is 2. The molecule has 0 saturated carbocycles. The number of piperidine rings is 1. The minimum absolute atomic E-state index is 0.691. The van der Waals surface area contributed by atoms with Crippen molar-refractivity contribution < 1.29 is 38.4 Å². The van der Waals surface area contributed by atoms with E-state index in [0.29, 0.717) is 0 Å². The molecule has 0 spiro atoms. The van der Waals surface area contributed by atoms with Gasteiger partial charge < -0.3 is 25.7 Å². The number of alkyl halides is 3. The summed E-state index contributed by atoms with van der Waals surface area (Å²) in [5.41, 5.74) is 0. The topological polar surface area (TPSA) is 122 Å². The lowest BCUT2D eigenvalue weighted by Crippen LogP contribution is -2.71. The fourth-order valence-corrected chi connectivity index (χ4v) is 1.58. The molecule has 10 heteroatoms. The van der Waals surface area contributed by atoms with E-state index in [1.807, 2.05) is 0 Å². The lowest BCUT2D eigenvalue weighted by Gasteiger charge is -2.41. The molecule has 1 rings (SSSR count). The summed E-state index contributed by atoms with van der Waals surface area (Å²) in [6.45, 7) is -0.691. The molecule has 1 fully saturated rings. The van der Waals surface area contributed by atoms with Crippen LogP contribution in [-0.4, -0.2) is 69.6 Å². The Morgan fingerprint density at radius 3 is 2.17 bits per heavy atom. The molecule has 0 radical (unpaired) electrons. The molecule has 1 aliphatic rings. The lowest BCUT2D eigenvalue weighted by molar-refractivity contribution is -0.179. The lowest BCUT2D eigenvalue weighted by atomic mass is 9.94. The Labute approximate surface area is 99.2 Å². The first-order valence-electron chi connectivity index (χ1n) is 4.97. The molecule has 0 aromatic rings. The van der Waals surface area contributed by atoms with Gasteiger partial charge in [0, 0.05) is 0 Å². The largest absolute Gasteiger partial charge is 0.471 e. The molecule has 1 heterocycles. The van der Waals surface area contributed by atoms with Crippen molar-refractivity contribution in [2.45, 2.75) is 36.7 Å². The van der Waals surface area contributed by atoms with E-state index in [0.717, 1.165) is 0 Å². The Balaban J connectivity index is 2.74. The van der Waals surface area contributed by atoms with Gasteiger partial charge in [0.1, 0.15) is 24.5 Å². The van der Waals surface area contributed by atoms with Crippen molar-refractivity contribution in [1.82, 2.24) is 10.6 Å². The SMILES string of the molecule is O=C(N[C@@H]1N[C@H](CO)[C@@H](O)[C@H](O)[C@H]1O)C(F)(F)F. The number of halogens is 3. The molecule has 0 aliphatic carbocycles. The van der Waals surface area contributed by atoms with Gasteiger partial charge in [-0.15, -0.1) is 0 Å². The van der Waals surface area contributed by atoms with E-state index in [1.165, 1.54) is 5.32 Å². The molecule has 18 heavy (non-hydrogen) atoms. The number of carbonyl (C=O) groups excluding carboxylic acids is 1. The average molecular weight is 274 g/mol. The summed E-state index contributed by atoms with van der Waals surface area (Å²) in [6.07, 6.45) is -12.0. The number of hydrogen-bond donors (Lipinski definition) is 6. The van der Waals surface area contributed by atoms with Crippen LogP contribution in [-0.2, 0) is 4.79 Å². The van der Waals surface area contributed by atoms with Gasteiger partial charge in [-0.25, -0.2) is 0 Å². The number of hydrogen-bond acceptors (Lipinski definition) is 6. The quantitative estimate of drug-likeness (QED) is 0.320. The summed E-state index contributed by atoms with van der Waals surface area (Å²) < 4.78 is 36.0. The fraction of sp³-hybridized carbons (Fsp3) is 0.875. The third kappa shape index (κ3) is 3.09. The highest BCUT2D eigenvalue weighted by atomic mass is 19.4. The molecule has 0 bridgehead atoms. The first-order chi connectivity index (χ1) is 8.18. The predicted octanol–water partition coefficient (Wildman–Crippen LogP) is -2.96. The molecule has 6 N–H and O–H groups in total. The molecular weight excluding hydrogens is 261 g/mol. The Hall–Kier alpha value is -0.940. The maximum atomic E-state index is 12.0. The zero-order valence-electron chi connectivity index (χ0n) is 8.92. The van der Waals surface area contributed by atoms with Crippen molar-refractivity contribution in [1.29, 1.82) is 0 Å². The van der Waals surface area contributed by atoms with Gasteiger partial charge in [-0.3, -0.25) is 10.1 Å². The number of carbonyl (C=O) groups is 1.